The zero-order valence-electron chi connectivity index (χ0n) is 10.9. The molecule has 20 heavy (non-hydrogen) atoms. The first kappa shape index (κ1) is 16.9. The molecule has 2 unspecified atom stereocenters. The van der Waals surface area contributed by atoms with E-state index in [0.717, 1.165) is 0 Å². The Morgan fingerprint density at radius 2 is 2.35 bits per heavy atom. The van der Waals surface area contributed by atoms with Crippen LogP contribution in [0.15, 0.2) is 15.0 Å². The smallest absolute Gasteiger partial charge is 0.350 e. The molecule has 10 nitrogen and oxygen atoms in total. The van der Waals surface area contributed by atoms with Gasteiger partial charge in [-0.15, -0.1) is 0 Å². The van der Waals surface area contributed by atoms with Crippen LogP contribution in [0.1, 0.15) is 6.92 Å². The fraction of sp³-hybridized carbons (Fsp3) is 0.667. The number of hydrogen-bond donors (Lipinski definition) is 4. The summed E-state index contributed by atoms with van der Waals surface area (Å²) in [5, 5.41) is 0. The maximum Gasteiger partial charge on any atom is 0.350 e. The van der Waals surface area contributed by atoms with Crippen molar-refractivity contribution in [3.05, 3.63) is 0 Å². The lowest BCUT2D eigenvalue weighted by Crippen LogP contribution is -2.47. The van der Waals surface area contributed by atoms with Crippen LogP contribution in [0.4, 0.5) is 0 Å². The van der Waals surface area contributed by atoms with Crippen LogP contribution in [0.2, 0.25) is 0 Å². The molecular formula is C9H18N5O5P. The van der Waals surface area contributed by atoms with Gasteiger partial charge in [0.25, 0.3) is 0 Å². The van der Waals surface area contributed by atoms with E-state index in [9.17, 15) is 4.57 Å². The molecule has 0 aliphatic carbocycles. The monoisotopic (exact) mass is 307 g/mol. The molecule has 5 N–H and O–H groups in total. The molecule has 0 fully saturated rings. The van der Waals surface area contributed by atoms with Gasteiger partial charge in [-0.3, -0.25) is 14.4 Å². The number of hydroxylamine groups is 1. The van der Waals surface area contributed by atoms with Gasteiger partial charge in [0, 0.05) is 0 Å². The average Bonchev–Trinajstić information content (AvgIpc) is 2.36. The average molecular weight is 307 g/mol. The van der Waals surface area contributed by atoms with E-state index in [1.54, 1.807) is 13.1 Å². The summed E-state index contributed by atoms with van der Waals surface area (Å²) in [4.78, 5) is 34.2. The van der Waals surface area contributed by atoms with Crippen molar-refractivity contribution in [3.8, 4) is 0 Å². The van der Waals surface area contributed by atoms with Crippen LogP contribution in [0.5, 0.6) is 0 Å². The summed E-state index contributed by atoms with van der Waals surface area (Å²) in [6.45, 7) is 1.87. The second-order valence-electron chi connectivity index (χ2n) is 3.78. The van der Waals surface area contributed by atoms with Gasteiger partial charge in [0.2, 0.25) is 0 Å². The van der Waals surface area contributed by atoms with E-state index in [1.807, 2.05) is 0 Å². The van der Waals surface area contributed by atoms with Crippen LogP contribution in [0.25, 0.3) is 0 Å². The number of nitrogens with one attached hydrogen (secondary N) is 1. The van der Waals surface area contributed by atoms with Crippen molar-refractivity contribution in [2.45, 2.75) is 19.1 Å². The van der Waals surface area contributed by atoms with Gasteiger partial charge in [-0.05, 0) is 13.1 Å². The lowest BCUT2D eigenvalue weighted by atomic mass is 10.2. The Morgan fingerprint density at radius 1 is 1.60 bits per heavy atom. The topological polar surface area (TPSA) is 151 Å². The predicted molar refractivity (Wildman–Crippen MR) is 73.8 cm³/mol. The van der Waals surface area contributed by atoms with E-state index >= 15 is 0 Å². The summed E-state index contributed by atoms with van der Waals surface area (Å²) in [5.74, 6) is 0.317. The molecular weight excluding hydrogens is 289 g/mol. The fourth-order valence-electron chi connectivity index (χ4n) is 1.33. The Bertz CT molecular complexity index is 434. The number of hydrogen-bond acceptors (Lipinski definition) is 8. The minimum atomic E-state index is -4.14. The van der Waals surface area contributed by atoms with Crippen LogP contribution in [0, 0.1) is 0 Å². The largest absolute Gasteiger partial charge is 0.385 e. The van der Waals surface area contributed by atoms with E-state index in [1.165, 1.54) is 6.34 Å². The third-order valence-electron chi connectivity index (χ3n) is 2.14. The lowest BCUT2D eigenvalue weighted by Gasteiger charge is -2.22. The summed E-state index contributed by atoms with van der Waals surface area (Å²) in [6.07, 6.45) is 1.75. The normalized spacial score (nSPS) is 23.2. The number of amidine groups is 1. The maximum absolute atomic E-state index is 10.5. The van der Waals surface area contributed by atoms with Crippen LogP contribution < -0.4 is 11.2 Å². The molecule has 1 aliphatic heterocycles. The van der Waals surface area contributed by atoms with E-state index in [0.29, 0.717) is 5.84 Å². The first-order chi connectivity index (χ1) is 9.44. The van der Waals surface area contributed by atoms with Crippen molar-refractivity contribution < 1.29 is 23.9 Å². The molecule has 0 spiro atoms. The van der Waals surface area contributed by atoms with Gasteiger partial charge in [0.1, 0.15) is 24.6 Å². The quantitative estimate of drug-likeness (QED) is 0.191. The first-order valence-corrected chi connectivity index (χ1v) is 7.56. The molecule has 0 aromatic heterocycles. The van der Waals surface area contributed by atoms with Crippen LogP contribution in [-0.2, 0) is 14.1 Å². The molecule has 0 aromatic carbocycles. The summed E-state index contributed by atoms with van der Waals surface area (Å²) in [7, 11) is -4.14. The minimum Gasteiger partial charge on any atom is -0.385 e. The van der Waals surface area contributed by atoms with Gasteiger partial charge >= 0.3 is 7.60 Å². The third kappa shape index (κ3) is 6.33. The van der Waals surface area contributed by atoms with Crippen molar-refractivity contribution in [2.24, 2.45) is 20.7 Å². The van der Waals surface area contributed by atoms with Gasteiger partial charge in [0.15, 0.2) is 6.17 Å². The molecule has 0 saturated carbocycles. The Kier molecular flexibility index (Phi) is 6.93. The Balaban J connectivity index is 2.26. The second kappa shape index (κ2) is 8.20. The SMILES string of the molecule is CC=NC1C(N)=NC=NC1NOCCOCP(=O)(O)O. The highest BCUT2D eigenvalue weighted by molar-refractivity contribution is 7.51. The summed E-state index contributed by atoms with van der Waals surface area (Å²) < 4.78 is 15.3. The van der Waals surface area contributed by atoms with E-state index in [4.69, 9.17) is 25.1 Å². The van der Waals surface area contributed by atoms with Crippen molar-refractivity contribution in [2.75, 3.05) is 19.6 Å². The highest BCUT2D eigenvalue weighted by Crippen LogP contribution is 2.33. The van der Waals surface area contributed by atoms with Gasteiger partial charge < -0.3 is 20.3 Å². The maximum atomic E-state index is 10.5. The fourth-order valence-corrected chi connectivity index (χ4v) is 1.70. The number of ether oxygens (including phenoxy) is 1. The predicted octanol–water partition coefficient (Wildman–Crippen LogP) is -1.16. The Labute approximate surface area is 115 Å². The zero-order valence-corrected chi connectivity index (χ0v) is 11.8. The van der Waals surface area contributed by atoms with Crippen molar-refractivity contribution >= 4 is 26.0 Å². The van der Waals surface area contributed by atoms with Gasteiger partial charge in [0.05, 0.1) is 13.2 Å². The molecule has 0 radical (unpaired) electrons. The van der Waals surface area contributed by atoms with Crippen molar-refractivity contribution in [1.82, 2.24) is 5.48 Å². The van der Waals surface area contributed by atoms with Gasteiger partial charge in [-0.25, -0.2) is 9.98 Å². The van der Waals surface area contributed by atoms with Crippen molar-refractivity contribution in [3.63, 3.8) is 0 Å². The Hall–Kier alpha value is -1.16. The molecule has 1 rings (SSSR count). The molecule has 0 saturated heterocycles. The molecule has 114 valence electrons. The first-order valence-electron chi connectivity index (χ1n) is 5.76. The van der Waals surface area contributed by atoms with E-state index < -0.39 is 26.2 Å². The molecule has 0 bridgehead atoms. The summed E-state index contributed by atoms with van der Waals surface area (Å²) >= 11 is 0. The number of nitrogens with two attached hydrogens (primary N) is 1. The minimum absolute atomic E-state index is 0.0276. The molecule has 1 heterocycles. The number of aliphatic imine (C=N–C) groups is 3. The van der Waals surface area contributed by atoms with Crippen molar-refractivity contribution in [1.29, 1.82) is 0 Å². The number of rotatable bonds is 8. The molecule has 2 atom stereocenters. The van der Waals surface area contributed by atoms with E-state index in [2.05, 4.69) is 20.5 Å². The summed E-state index contributed by atoms with van der Waals surface area (Å²) in [5.41, 5.74) is 8.33. The van der Waals surface area contributed by atoms with Crippen LogP contribution in [0.3, 0.4) is 0 Å². The highest BCUT2D eigenvalue weighted by atomic mass is 31.2. The lowest BCUT2D eigenvalue weighted by molar-refractivity contribution is -0.0156. The third-order valence-corrected chi connectivity index (χ3v) is 2.66. The summed E-state index contributed by atoms with van der Waals surface area (Å²) in [6, 6.07) is -0.457. The van der Waals surface area contributed by atoms with E-state index in [-0.39, 0.29) is 13.2 Å². The second-order valence-corrected chi connectivity index (χ2v) is 5.37. The molecule has 11 heteroatoms. The Morgan fingerprint density at radius 3 is 3.00 bits per heavy atom. The molecule has 0 amide bonds. The van der Waals surface area contributed by atoms with Gasteiger partial charge in [-0.1, -0.05) is 0 Å². The van der Waals surface area contributed by atoms with Crippen LogP contribution >= 0.6 is 7.60 Å². The standard InChI is InChI=1S/C9H18N5O5P/c1-2-11-7-8(10)12-5-13-9(7)14-19-4-3-18-6-20(15,16)17/h2,5,7,9,14H,3-4,6H2,1H3,(H2,10,12,13)(H2,15,16,17). The van der Waals surface area contributed by atoms with Crippen LogP contribution in [-0.4, -0.2) is 59.9 Å². The zero-order chi connectivity index (χ0) is 15.0. The molecule has 0 aromatic rings. The highest BCUT2D eigenvalue weighted by Gasteiger charge is 2.25. The molecule has 1 aliphatic rings. The van der Waals surface area contributed by atoms with Gasteiger partial charge in [-0.2, -0.15) is 5.48 Å². The number of nitrogens with zero attached hydrogens (tertiary/aromatic N) is 3.